The molecule has 274 valence electrons. The molecule has 11 aromatic rings. The Hall–Kier alpha value is -7.92. The van der Waals surface area contributed by atoms with E-state index in [1.165, 1.54) is 76.6 Å². The number of nitrogens with zero attached hydrogens (tertiary/aromatic N) is 1. The van der Waals surface area contributed by atoms with Gasteiger partial charge >= 0.3 is 0 Å². The lowest BCUT2D eigenvalue weighted by Crippen LogP contribution is -2.10. The van der Waals surface area contributed by atoms with Crippen molar-refractivity contribution in [2.75, 3.05) is 4.90 Å². The van der Waals surface area contributed by atoms with E-state index in [2.05, 4.69) is 235 Å². The lowest BCUT2D eigenvalue weighted by Gasteiger charge is -2.27. The molecular formula is C58H37N. The summed E-state index contributed by atoms with van der Waals surface area (Å²) < 4.78 is 0. The first-order valence-electron chi connectivity index (χ1n) is 20.2. The highest BCUT2D eigenvalue weighted by Gasteiger charge is 2.17. The Balaban J connectivity index is 1.07. The topological polar surface area (TPSA) is 3.24 Å². The first-order valence-corrected chi connectivity index (χ1v) is 20.2. The molecule has 1 heteroatoms. The minimum atomic E-state index is 1.08. The van der Waals surface area contributed by atoms with E-state index in [4.69, 9.17) is 0 Å². The molecule has 59 heavy (non-hydrogen) atoms. The van der Waals surface area contributed by atoms with Gasteiger partial charge in [0.2, 0.25) is 0 Å². The molecule has 0 N–H and O–H groups in total. The van der Waals surface area contributed by atoms with E-state index in [9.17, 15) is 0 Å². The van der Waals surface area contributed by atoms with E-state index in [0.717, 1.165) is 28.0 Å². The first-order chi connectivity index (χ1) is 29.2. The molecule has 0 saturated carbocycles. The second-order valence-electron chi connectivity index (χ2n) is 15.2. The second kappa shape index (κ2) is 14.5. The molecule has 0 amide bonds. The predicted molar refractivity (Wildman–Crippen MR) is 251 cm³/mol. The second-order valence-corrected chi connectivity index (χ2v) is 15.2. The summed E-state index contributed by atoms with van der Waals surface area (Å²) in [4.78, 5) is 2.39. The quantitative estimate of drug-likeness (QED) is 0.147. The Morgan fingerprint density at radius 3 is 1.49 bits per heavy atom. The zero-order chi connectivity index (χ0) is 39.1. The van der Waals surface area contributed by atoms with Crippen LogP contribution in [0.3, 0.4) is 0 Å². The fraction of sp³-hybridized carbons (Fsp3) is 0. The molecule has 0 unspecified atom stereocenters. The van der Waals surface area contributed by atoms with E-state index in [0.29, 0.717) is 0 Å². The maximum Gasteiger partial charge on any atom is 0.0467 e. The Bertz CT molecular complexity index is 3160. The lowest BCUT2D eigenvalue weighted by atomic mass is 9.93. The van der Waals surface area contributed by atoms with Crippen molar-refractivity contribution < 1.29 is 0 Å². The van der Waals surface area contributed by atoms with Crippen molar-refractivity contribution in [3.8, 4) is 44.5 Å². The van der Waals surface area contributed by atoms with Gasteiger partial charge in [0.05, 0.1) is 0 Å². The summed E-state index contributed by atoms with van der Waals surface area (Å²) in [5.41, 5.74) is 12.7. The SMILES string of the molecule is c1ccc2c(-c3cccc(N(c4ccc(-c5cccc(-c6ccccc6)c5)cc4)c4cccc(-c5cc6ccccc6c6ccccc56)c4)c3)cc3ccccc3c2c#1. The van der Waals surface area contributed by atoms with Gasteiger partial charge in [0.25, 0.3) is 0 Å². The molecule has 0 aromatic heterocycles. The van der Waals surface area contributed by atoms with E-state index in [-0.39, 0.29) is 0 Å². The average Bonchev–Trinajstić information content (AvgIpc) is 3.32. The Kier molecular flexibility index (Phi) is 8.46. The summed E-state index contributed by atoms with van der Waals surface area (Å²) in [5, 5.41) is 9.65. The molecule has 11 rings (SSSR count). The Morgan fingerprint density at radius 2 is 0.797 bits per heavy atom. The van der Waals surface area contributed by atoms with E-state index >= 15 is 0 Å². The van der Waals surface area contributed by atoms with Crippen LogP contribution in [0.1, 0.15) is 0 Å². The molecule has 0 fully saturated rings. The molecule has 0 aliphatic carbocycles. The number of anilines is 3. The third-order valence-electron chi connectivity index (χ3n) is 11.6. The smallest absolute Gasteiger partial charge is 0.0467 e. The third kappa shape index (κ3) is 6.25. The van der Waals surface area contributed by atoms with Gasteiger partial charge in [-0.25, -0.2) is 0 Å². The third-order valence-corrected chi connectivity index (χ3v) is 11.6. The fourth-order valence-electron chi connectivity index (χ4n) is 8.83. The van der Waals surface area contributed by atoms with Crippen LogP contribution in [-0.4, -0.2) is 0 Å². The highest BCUT2D eigenvalue weighted by molar-refractivity contribution is 6.15. The van der Waals surface area contributed by atoms with Crippen molar-refractivity contribution in [2.45, 2.75) is 0 Å². The molecule has 0 saturated heterocycles. The van der Waals surface area contributed by atoms with Gasteiger partial charge < -0.3 is 4.90 Å². The van der Waals surface area contributed by atoms with Crippen LogP contribution in [0.4, 0.5) is 17.1 Å². The minimum Gasteiger partial charge on any atom is -0.310 e. The molecule has 0 spiro atoms. The Labute approximate surface area is 344 Å². The molecule has 0 atom stereocenters. The molecule has 0 bridgehead atoms. The van der Waals surface area contributed by atoms with E-state index < -0.39 is 0 Å². The summed E-state index contributed by atoms with van der Waals surface area (Å²) >= 11 is 0. The van der Waals surface area contributed by atoms with Crippen molar-refractivity contribution in [1.29, 1.82) is 0 Å². The highest BCUT2D eigenvalue weighted by Crippen LogP contribution is 2.42. The normalized spacial score (nSPS) is 11.3. The predicted octanol–water partition coefficient (Wildman–Crippen LogP) is 16.0. The molecular weight excluding hydrogens is 711 g/mol. The van der Waals surface area contributed by atoms with Crippen LogP contribution in [-0.2, 0) is 0 Å². The number of fused-ring (bicyclic) bond motifs is 6. The average molecular weight is 748 g/mol. The number of rotatable bonds is 7. The largest absolute Gasteiger partial charge is 0.310 e. The first kappa shape index (κ1) is 34.3. The highest BCUT2D eigenvalue weighted by atomic mass is 15.1. The van der Waals surface area contributed by atoms with Gasteiger partial charge in [-0.2, -0.15) is 0 Å². The Morgan fingerprint density at radius 1 is 0.288 bits per heavy atom. The maximum absolute atomic E-state index is 3.43. The molecule has 0 heterocycles. The monoisotopic (exact) mass is 747 g/mol. The van der Waals surface area contributed by atoms with Gasteiger partial charge in [-0.15, -0.1) is 0 Å². The van der Waals surface area contributed by atoms with Gasteiger partial charge in [-0.1, -0.05) is 170 Å². The zero-order valence-electron chi connectivity index (χ0n) is 32.3. The van der Waals surface area contributed by atoms with Gasteiger partial charge in [0, 0.05) is 22.4 Å². The molecule has 11 aromatic carbocycles. The fourth-order valence-corrected chi connectivity index (χ4v) is 8.83. The van der Waals surface area contributed by atoms with Crippen LogP contribution in [0.5, 0.6) is 0 Å². The lowest BCUT2D eigenvalue weighted by molar-refractivity contribution is 1.28. The van der Waals surface area contributed by atoms with Crippen LogP contribution < -0.4 is 4.90 Å². The van der Waals surface area contributed by atoms with Gasteiger partial charge in [-0.3, -0.25) is 0 Å². The van der Waals surface area contributed by atoms with E-state index in [1.54, 1.807) is 0 Å². The van der Waals surface area contributed by atoms with Crippen LogP contribution in [0.2, 0.25) is 0 Å². The maximum atomic E-state index is 3.43. The van der Waals surface area contributed by atoms with Crippen molar-refractivity contribution in [1.82, 2.24) is 0 Å². The van der Waals surface area contributed by atoms with Crippen molar-refractivity contribution in [2.24, 2.45) is 0 Å². The van der Waals surface area contributed by atoms with Gasteiger partial charge in [0.15, 0.2) is 0 Å². The standard InChI is InChI=1S/C58H37N/c1-2-15-40(16-3-1)42-19-12-20-43(35-42)41-31-33-48(34-32-41)59(49-23-13-21-44(36-49)57-38-46-17-4-6-25-51(46)53-27-8-10-29-55(53)57)50-24-14-22-45(37-50)58-39-47-18-5-7-26-52(47)54-28-9-11-30-56(54)58/h1-8,10-27,29-39H. The number of hydrogen-bond acceptors (Lipinski definition) is 1. The summed E-state index contributed by atoms with van der Waals surface area (Å²) in [6, 6.07) is 87.9. The summed E-state index contributed by atoms with van der Waals surface area (Å²) in [6.07, 6.45) is 0. The number of benzene rings is 10. The van der Waals surface area contributed by atoms with Crippen molar-refractivity contribution in [3.05, 3.63) is 237 Å². The van der Waals surface area contributed by atoms with Crippen molar-refractivity contribution in [3.63, 3.8) is 0 Å². The molecule has 0 aliphatic heterocycles. The van der Waals surface area contributed by atoms with Crippen LogP contribution in [0.25, 0.3) is 87.6 Å². The zero-order valence-corrected chi connectivity index (χ0v) is 32.3. The van der Waals surface area contributed by atoms with Gasteiger partial charge in [-0.05, 0) is 149 Å². The van der Waals surface area contributed by atoms with Crippen LogP contribution >= 0.6 is 0 Å². The molecule has 0 radical (unpaired) electrons. The summed E-state index contributed by atoms with van der Waals surface area (Å²) in [7, 11) is 0. The van der Waals surface area contributed by atoms with Crippen LogP contribution in [0.15, 0.2) is 224 Å². The number of hydrogen-bond donors (Lipinski definition) is 0. The summed E-state index contributed by atoms with van der Waals surface area (Å²) in [6.45, 7) is 0. The molecule has 1 nitrogen and oxygen atoms in total. The van der Waals surface area contributed by atoms with E-state index in [1.807, 2.05) is 6.07 Å². The summed E-state index contributed by atoms with van der Waals surface area (Å²) in [5.74, 6) is 0. The van der Waals surface area contributed by atoms with Crippen molar-refractivity contribution >= 4 is 60.2 Å². The minimum absolute atomic E-state index is 1.08. The van der Waals surface area contributed by atoms with Gasteiger partial charge in [0.1, 0.15) is 0 Å². The van der Waals surface area contributed by atoms with Crippen LogP contribution in [0, 0.1) is 12.1 Å². The molecule has 0 aliphatic rings.